The predicted molar refractivity (Wildman–Crippen MR) is 107 cm³/mol. The fraction of sp³-hybridized carbons (Fsp3) is 0.409. The van der Waals surface area contributed by atoms with Crippen LogP contribution in [0.3, 0.4) is 0 Å². The molecule has 28 heavy (non-hydrogen) atoms. The molecule has 2 aliphatic rings. The lowest BCUT2D eigenvalue weighted by Crippen LogP contribution is -2.72. The third kappa shape index (κ3) is 3.44. The van der Waals surface area contributed by atoms with E-state index in [1.165, 1.54) is 0 Å². The number of nitrogens with zero attached hydrogens (tertiary/aromatic N) is 1. The van der Waals surface area contributed by atoms with E-state index in [2.05, 4.69) is 5.32 Å². The number of quaternary nitrogens is 1. The summed E-state index contributed by atoms with van der Waals surface area (Å²) in [6.07, 6.45) is 0.381. The first kappa shape index (κ1) is 19.1. The van der Waals surface area contributed by atoms with Crippen molar-refractivity contribution in [1.29, 1.82) is 0 Å². The topological polar surface area (TPSA) is 56.8 Å². The summed E-state index contributed by atoms with van der Waals surface area (Å²) in [5.41, 5.74) is 1.81. The number of benzene rings is 2. The normalized spacial score (nSPS) is 23.2. The number of ether oxygens (including phenoxy) is 3. The molecule has 0 bridgehead atoms. The second-order valence-corrected chi connectivity index (χ2v) is 7.43. The number of piperidine rings is 1. The van der Waals surface area contributed by atoms with E-state index in [0.717, 1.165) is 17.8 Å². The Hall–Kier alpha value is -2.25. The average molecular weight is 383 g/mol. The molecule has 0 aliphatic carbocycles. The molecule has 2 atom stereocenters. The maximum Gasteiger partial charge on any atom is 0.521 e. The molecule has 0 radical (unpaired) electrons. The highest BCUT2D eigenvalue weighted by molar-refractivity contribution is 5.83. The number of nitrogens with one attached hydrogen (secondary N) is 1. The van der Waals surface area contributed by atoms with Gasteiger partial charge in [0.15, 0.2) is 6.04 Å². The summed E-state index contributed by atoms with van der Waals surface area (Å²) >= 11 is 0. The third-order valence-electron chi connectivity index (χ3n) is 5.77. The van der Waals surface area contributed by atoms with Gasteiger partial charge in [0.2, 0.25) is 5.79 Å². The Morgan fingerprint density at radius 1 is 1.11 bits per heavy atom. The van der Waals surface area contributed by atoms with Crippen LogP contribution in [0.25, 0.3) is 0 Å². The first-order valence-corrected chi connectivity index (χ1v) is 9.77. The molecule has 2 heterocycles. The molecule has 1 N–H and O–H groups in total. The molecule has 2 fully saturated rings. The quantitative estimate of drug-likeness (QED) is 0.823. The monoisotopic (exact) mass is 383 g/mol. The highest BCUT2D eigenvalue weighted by Gasteiger charge is 2.59. The number of rotatable bonds is 4. The van der Waals surface area contributed by atoms with Crippen molar-refractivity contribution in [2.45, 2.75) is 24.9 Å². The van der Waals surface area contributed by atoms with E-state index in [-0.39, 0.29) is 23.2 Å². The zero-order chi connectivity index (χ0) is 19.5. The summed E-state index contributed by atoms with van der Waals surface area (Å²) in [4.78, 5) is 13.5. The van der Waals surface area contributed by atoms with Gasteiger partial charge < -0.3 is 19.5 Å². The van der Waals surface area contributed by atoms with Crippen LogP contribution in [0.5, 0.6) is 0 Å². The van der Waals surface area contributed by atoms with Gasteiger partial charge in [0.05, 0.1) is 26.8 Å². The molecular formula is C22H27N2O4+. The van der Waals surface area contributed by atoms with Crippen molar-refractivity contribution in [3.63, 3.8) is 0 Å². The molecular weight excluding hydrogens is 356 g/mol. The summed E-state index contributed by atoms with van der Waals surface area (Å²) in [6.45, 7) is 2.72. The summed E-state index contributed by atoms with van der Waals surface area (Å²) in [5.74, 6) is -0.776. The van der Waals surface area contributed by atoms with Gasteiger partial charge in [-0.05, 0) is 17.7 Å². The largest absolute Gasteiger partial charge is 0.521 e. The van der Waals surface area contributed by atoms with Crippen molar-refractivity contribution in [1.82, 2.24) is 9.80 Å². The first-order valence-electron chi connectivity index (χ1n) is 9.77. The van der Waals surface area contributed by atoms with Crippen LogP contribution >= 0.6 is 0 Å². The molecule has 1 spiro atoms. The van der Waals surface area contributed by atoms with Gasteiger partial charge in [0.1, 0.15) is 12.3 Å². The van der Waals surface area contributed by atoms with Crippen molar-refractivity contribution in [2.75, 3.05) is 33.4 Å². The molecule has 2 aromatic carbocycles. The Labute approximate surface area is 165 Å². The summed E-state index contributed by atoms with van der Waals surface area (Å²) in [6, 6.07) is 19.2. The van der Waals surface area contributed by atoms with Crippen molar-refractivity contribution < 1.29 is 19.0 Å². The van der Waals surface area contributed by atoms with Gasteiger partial charge >= 0.3 is 6.09 Å². The summed E-state index contributed by atoms with van der Waals surface area (Å²) in [7, 11) is 1.90. The zero-order valence-corrected chi connectivity index (χ0v) is 16.2. The Morgan fingerprint density at radius 2 is 1.75 bits per heavy atom. The molecule has 2 aromatic rings. The van der Waals surface area contributed by atoms with Gasteiger partial charge in [-0.15, -0.1) is 0 Å². The van der Waals surface area contributed by atoms with Crippen LogP contribution in [0.15, 0.2) is 60.7 Å². The second kappa shape index (κ2) is 8.01. The van der Waals surface area contributed by atoms with Crippen LogP contribution in [0.1, 0.15) is 12.0 Å². The molecule has 0 aromatic heterocycles. The first-order chi connectivity index (χ1) is 13.7. The van der Waals surface area contributed by atoms with Gasteiger partial charge in [0, 0.05) is 13.0 Å². The molecule has 1 amide bonds. The second-order valence-electron chi connectivity index (χ2n) is 7.43. The van der Waals surface area contributed by atoms with Gasteiger partial charge in [-0.25, -0.2) is 0 Å². The van der Waals surface area contributed by atoms with Crippen molar-refractivity contribution in [3.8, 4) is 0 Å². The molecule has 2 aliphatic heterocycles. The lowest BCUT2D eigenvalue weighted by molar-refractivity contribution is -0.205. The van der Waals surface area contributed by atoms with Gasteiger partial charge in [-0.3, -0.25) is 0 Å². The van der Waals surface area contributed by atoms with E-state index >= 15 is 0 Å². The fourth-order valence-electron chi connectivity index (χ4n) is 4.21. The fourth-order valence-corrected chi connectivity index (χ4v) is 4.21. The maximum absolute atomic E-state index is 13.5. The SMILES string of the molecule is C[N+](C(=O)OCc1ccccc1)(c1ccccc1)C1CNCCC12OCCO2. The average Bonchev–Trinajstić information content (AvgIpc) is 3.21. The van der Waals surface area contributed by atoms with E-state index in [4.69, 9.17) is 14.2 Å². The number of hydrogen-bond donors (Lipinski definition) is 1. The Balaban J connectivity index is 1.67. The van der Waals surface area contributed by atoms with E-state index in [0.29, 0.717) is 26.2 Å². The van der Waals surface area contributed by atoms with Crippen LogP contribution in [-0.2, 0) is 20.8 Å². The molecule has 0 saturated carbocycles. The lowest BCUT2D eigenvalue weighted by Gasteiger charge is -2.47. The molecule has 2 saturated heterocycles. The van der Waals surface area contributed by atoms with Crippen LogP contribution in [0.4, 0.5) is 10.5 Å². The molecule has 6 heteroatoms. The maximum atomic E-state index is 13.5. The zero-order valence-electron chi connectivity index (χ0n) is 16.2. The highest BCUT2D eigenvalue weighted by atomic mass is 16.7. The molecule has 4 rings (SSSR count). The van der Waals surface area contributed by atoms with E-state index in [9.17, 15) is 4.79 Å². The summed E-state index contributed by atoms with van der Waals surface area (Å²) < 4.78 is 17.9. The van der Waals surface area contributed by atoms with Crippen LogP contribution < -0.4 is 9.80 Å². The molecule has 2 unspecified atom stereocenters. The number of para-hydroxylation sites is 1. The number of hydrogen-bond acceptors (Lipinski definition) is 5. The smallest absolute Gasteiger partial charge is 0.415 e. The minimum Gasteiger partial charge on any atom is -0.415 e. The predicted octanol–water partition coefficient (Wildman–Crippen LogP) is 3.07. The number of carbonyl (C=O) groups excluding carboxylic acids is 1. The van der Waals surface area contributed by atoms with Crippen LogP contribution in [-0.4, -0.2) is 51.3 Å². The third-order valence-corrected chi connectivity index (χ3v) is 5.77. The molecule has 148 valence electrons. The minimum absolute atomic E-state index is 0.0410. The Bertz CT molecular complexity index is 793. The van der Waals surface area contributed by atoms with Crippen molar-refractivity contribution >= 4 is 11.8 Å². The standard InChI is InChI=1S/C22H27N2O4/c1-24(19-10-6-3-7-11-19,21(25)26-17-18-8-4-2-5-9-18)20-16-23-13-12-22(20)27-14-15-28-22/h2-11,20,23H,12-17H2,1H3/q+1. The number of carbonyl (C=O) groups is 1. The van der Waals surface area contributed by atoms with E-state index < -0.39 is 5.79 Å². The molecule has 6 nitrogen and oxygen atoms in total. The lowest BCUT2D eigenvalue weighted by atomic mass is 9.95. The summed E-state index contributed by atoms with van der Waals surface area (Å²) in [5, 5.41) is 3.41. The van der Waals surface area contributed by atoms with Crippen LogP contribution in [0, 0.1) is 0 Å². The Morgan fingerprint density at radius 3 is 2.43 bits per heavy atom. The number of amides is 1. The highest BCUT2D eigenvalue weighted by Crippen LogP contribution is 2.39. The van der Waals surface area contributed by atoms with Gasteiger partial charge in [-0.2, -0.15) is 9.28 Å². The van der Waals surface area contributed by atoms with Gasteiger partial charge in [0.25, 0.3) is 0 Å². The van der Waals surface area contributed by atoms with Gasteiger partial charge in [-0.1, -0.05) is 48.5 Å². The number of likely N-dealkylation sites (N-methyl/N-ethyl adjacent to an activating group) is 1. The Kier molecular flexibility index (Phi) is 5.46. The van der Waals surface area contributed by atoms with E-state index in [1.807, 2.05) is 67.7 Å². The van der Waals surface area contributed by atoms with E-state index in [1.54, 1.807) is 0 Å². The van der Waals surface area contributed by atoms with Crippen LogP contribution in [0.2, 0.25) is 0 Å². The van der Waals surface area contributed by atoms with Crippen molar-refractivity contribution in [3.05, 3.63) is 66.2 Å². The van der Waals surface area contributed by atoms with Crippen molar-refractivity contribution in [2.24, 2.45) is 0 Å². The minimum atomic E-state index is -0.776.